The molecule has 0 radical (unpaired) electrons. The maximum absolute atomic E-state index is 11.4. The Balaban J connectivity index is 1.55. The highest BCUT2D eigenvalue weighted by Gasteiger charge is 2.32. The van der Waals surface area contributed by atoms with E-state index in [-0.39, 0.29) is 24.0 Å². The van der Waals surface area contributed by atoms with Gasteiger partial charge in [0.15, 0.2) is 0 Å². The molecule has 2 aliphatic carbocycles. The molecule has 0 aromatic carbocycles. The third kappa shape index (κ3) is 3.69. The van der Waals surface area contributed by atoms with Crippen LogP contribution in [-0.4, -0.2) is 39.2 Å². The smallest absolute Gasteiger partial charge is 0.404 e. The average molecular weight is 390 g/mol. The Morgan fingerprint density at radius 3 is 2.74 bits per heavy atom. The van der Waals surface area contributed by atoms with Crippen LogP contribution < -0.4 is 15.8 Å². The number of ether oxygens (including phenoxy) is 1. The normalized spacial score (nSPS) is 24.5. The predicted octanol–water partition coefficient (Wildman–Crippen LogP) is 2.55. The molecule has 1 atom stereocenters. The van der Waals surface area contributed by atoms with Crippen LogP contribution in [0.15, 0.2) is 6.33 Å². The van der Waals surface area contributed by atoms with Gasteiger partial charge in [-0.3, -0.25) is 4.79 Å². The third-order valence-electron chi connectivity index (χ3n) is 5.42. The van der Waals surface area contributed by atoms with Crippen LogP contribution in [0.5, 0.6) is 5.88 Å². The molecule has 1 fully saturated rings. The molecule has 9 heteroatoms. The van der Waals surface area contributed by atoms with Crippen molar-refractivity contribution in [3.8, 4) is 5.88 Å². The SMILES string of the molecule is NC(=O)C[C@H]1CCc2sc3ncnc(OC4CCC(NC(=O)O)CC4)c3c21. The molecule has 4 N–H and O–H groups in total. The Bertz CT molecular complexity index is 876. The highest BCUT2D eigenvalue weighted by Crippen LogP contribution is 2.47. The minimum absolute atomic E-state index is 0.00138. The summed E-state index contributed by atoms with van der Waals surface area (Å²) < 4.78 is 6.22. The number of aryl methyl sites for hydroxylation is 1. The van der Waals surface area contributed by atoms with E-state index in [2.05, 4.69) is 15.3 Å². The molecule has 2 amide bonds. The average Bonchev–Trinajstić information content (AvgIpc) is 3.16. The molecular weight excluding hydrogens is 368 g/mol. The number of carbonyl (C=O) groups excluding carboxylic acids is 1. The van der Waals surface area contributed by atoms with Gasteiger partial charge in [0.2, 0.25) is 11.8 Å². The minimum Gasteiger partial charge on any atom is -0.474 e. The van der Waals surface area contributed by atoms with Gasteiger partial charge in [-0.05, 0) is 50.0 Å². The van der Waals surface area contributed by atoms with Gasteiger partial charge in [-0.25, -0.2) is 14.8 Å². The maximum atomic E-state index is 11.4. The first-order valence-electron chi connectivity index (χ1n) is 9.22. The van der Waals surface area contributed by atoms with Gasteiger partial charge in [0.05, 0.1) is 5.39 Å². The number of nitrogens with two attached hydrogens (primary N) is 1. The van der Waals surface area contributed by atoms with Gasteiger partial charge in [0, 0.05) is 17.3 Å². The number of primary amides is 1. The van der Waals surface area contributed by atoms with Crippen molar-refractivity contribution in [2.45, 2.75) is 63.0 Å². The number of hydrogen-bond acceptors (Lipinski definition) is 6. The minimum atomic E-state index is -0.980. The first-order valence-corrected chi connectivity index (χ1v) is 10.0. The molecule has 2 aromatic heterocycles. The zero-order valence-electron chi connectivity index (χ0n) is 14.8. The molecule has 27 heavy (non-hydrogen) atoms. The van der Waals surface area contributed by atoms with Crippen molar-refractivity contribution >= 4 is 33.6 Å². The number of aromatic nitrogens is 2. The van der Waals surface area contributed by atoms with Crippen LogP contribution in [0.25, 0.3) is 10.2 Å². The van der Waals surface area contributed by atoms with Gasteiger partial charge < -0.3 is 20.9 Å². The zero-order chi connectivity index (χ0) is 19.0. The lowest BCUT2D eigenvalue weighted by atomic mass is 9.93. The number of hydrogen-bond donors (Lipinski definition) is 3. The number of fused-ring (bicyclic) bond motifs is 3. The Labute approximate surface area is 160 Å². The van der Waals surface area contributed by atoms with Crippen molar-refractivity contribution in [2.24, 2.45) is 5.73 Å². The van der Waals surface area contributed by atoms with Gasteiger partial charge in [-0.2, -0.15) is 0 Å². The van der Waals surface area contributed by atoms with Crippen LogP contribution in [0.2, 0.25) is 0 Å². The van der Waals surface area contributed by atoms with Crippen molar-refractivity contribution < 1.29 is 19.4 Å². The van der Waals surface area contributed by atoms with Gasteiger partial charge in [-0.1, -0.05) is 0 Å². The summed E-state index contributed by atoms with van der Waals surface area (Å²) in [5.74, 6) is 0.384. The summed E-state index contributed by atoms with van der Waals surface area (Å²) in [5, 5.41) is 12.3. The highest BCUT2D eigenvalue weighted by molar-refractivity contribution is 7.19. The summed E-state index contributed by atoms with van der Waals surface area (Å²) in [6.45, 7) is 0. The third-order valence-corrected chi connectivity index (χ3v) is 6.60. The van der Waals surface area contributed by atoms with Crippen LogP contribution in [0.1, 0.15) is 54.9 Å². The Hall–Kier alpha value is -2.42. The van der Waals surface area contributed by atoms with Gasteiger partial charge in [-0.15, -0.1) is 11.3 Å². The zero-order valence-corrected chi connectivity index (χ0v) is 15.6. The van der Waals surface area contributed by atoms with E-state index in [0.29, 0.717) is 12.3 Å². The molecular formula is C18H22N4O4S. The van der Waals surface area contributed by atoms with Crippen molar-refractivity contribution in [3.63, 3.8) is 0 Å². The highest BCUT2D eigenvalue weighted by atomic mass is 32.1. The summed E-state index contributed by atoms with van der Waals surface area (Å²) in [5.41, 5.74) is 6.56. The summed E-state index contributed by atoms with van der Waals surface area (Å²) in [4.78, 5) is 33.1. The summed E-state index contributed by atoms with van der Waals surface area (Å²) in [6, 6.07) is -0.0156. The van der Waals surface area contributed by atoms with E-state index in [1.54, 1.807) is 11.3 Å². The van der Waals surface area contributed by atoms with E-state index < -0.39 is 6.09 Å². The molecule has 0 saturated heterocycles. The number of carboxylic acid groups (broad SMARTS) is 1. The standard InChI is InChI=1S/C18H22N4O4S/c19-13(23)7-9-1-6-12-14(9)15-16(20-8-21-17(15)27-12)26-11-4-2-10(3-5-11)22-18(24)25/h8-11,22H,1-7H2,(H2,19,23)(H,24,25)/t9-,10?,11?/m1/s1. The van der Waals surface area contributed by atoms with Crippen molar-refractivity contribution in [3.05, 3.63) is 16.8 Å². The summed E-state index contributed by atoms with van der Waals surface area (Å²) in [7, 11) is 0. The largest absolute Gasteiger partial charge is 0.474 e. The molecule has 0 aliphatic heterocycles. The molecule has 2 aromatic rings. The fourth-order valence-corrected chi connectivity index (χ4v) is 5.47. The lowest BCUT2D eigenvalue weighted by Crippen LogP contribution is -2.39. The van der Waals surface area contributed by atoms with E-state index >= 15 is 0 Å². The molecule has 0 bridgehead atoms. The lowest BCUT2D eigenvalue weighted by Gasteiger charge is -2.28. The van der Waals surface area contributed by atoms with E-state index in [0.717, 1.165) is 54.3 Å². The lowest BCUT2D eigenvalue weighted by molar-refractivity contribution is -0.118. The van der Waals surface area contributed by atoms with Gasteiger partial charge >= 0.3 is 6.09 Å². The second-order valence-corrected chi connectivity index (χ2v) is 8.33. The van der Waals surface area contributed by atoms with Gasteiger partial charge in [0.1, 0.15) is 17.3 Å². The molecule has 8 nitrogen and oxygen atoms in total. The second-order valence-electron chi connectivity index (χ2n) is 7.24. The van der Waals surface area contributed by atoms with E-state index in [1.807, 2.05) is 0 Å². The van der Waals surface area contributed by atoms with Crippen LogP contribution in [-0.2, 0) is 11.2 Å². The maximum Gasteiger partial charge on any atom is 0.404 e. The molecule has 2 aliphatic rings. The molecule has 1 saturated carbocycles. The first kappa shape index (κ1) is 18.0. The fourth-order valence-electron chi connectivity index (χ4n) is 4.23. The number of rotatable bonds is 5. The van der Waals surface area contributed by atoms with Crippen LogP contribution in [0, 0.1) is 0 Å². The number of nitrogens with one attached hydrogen (secondary N) is 1. The van der Waals surface area contributed by atoms with E-state index in [1.165, 1.54) is 11.2 Å². The predicted molar refractivity (Wildman–Crippen MR) is 100 cm³/mol. The van der Waals surface area contributed by atoms with E-state index in [9.17, 15) is 9.59 Å². The quantitative estimate of drug-likeness (QED) is 0.720. The number of carbonyl (C=O) groups is 2. The number of amides is 2. The molecule has 0 spiro atoms. The van der Waals surface area contributed by atoms with Crippen molar-refractivity contribution in [2.75, 3.05) is 0 Å². The van der Waals surface area contributed by atoms with Crippen LogP contribution in [0.3, 0.4) is 0 Å². The first-order chi connectivity index (χ1) is 13.0. The van der Waals surface area contributed by atoms with Crippen LogP contribution in [0.4, 0.5) is 4.79 Å². The molecule has 144 valence electrons. The second kappa shape index (κ2) is 7.30. The number of nitrogens with zero attached hydrogens (tertiary/aromatic N) is 2. The molecule has 0 unspecified atom stereocenters. The van der Waals surface area contributed by atoms with Crippen molar-refractivity contribution in [1.29, 1.82) is 0 Å². The number of thiophene rings is 1. The van der Waals surface area contributed by atoms with Gasteiger partial charge in [0.25, 0.3) is 0 Å². The fraction of sp³-hybridized carbons (Fsp3) is 0.556. The molecule has 2 heterocycles. The molecule has 4 rings (SSSR count). The topological polar surface area (TPSA) is 127 Å². The summed E-state index contributed by atoms with van der Waals surface area (Å²) >= 11 is 1.64. The van der Waals surface area contributed by atoms with Crippen LogP contribution >= 0.6 is 11.3 Å². The monoisotopic (exact) mass is 390 g/mol. The Morgan fingerprint density at radius 2 is 2.04 bits per heavy atom. The van der Waals surface area contributed by atoms with E-state index in [4.69, 9.17) is 15.6 Å². The summed E-state index contributed by atoms with van der Waals surface area (Å²) in [6.07, 6.45) is 5.76. The Kier molecular flexibility index (Phi) is 4.86. The van der Waals surface area contributed by atoms with Crippen molar-refractivity contribution in [1.82, 2.24) is 15.3 Å². The Morgan fingerprint density at radius 1 is 1.26 bits per heavy atom.